The second kappa shape index (κ2) is 2.66. The van der Waals surface area contributed by atoms with Gasteiger partial charge in [0.25, 0.3) is 0 Å². The molecule has 0 amide bonds. The topological polar surface area (TPSA) is 64.5 Å². The average molecular weight is 183 g/mol. The first-order valence-corrected chi connectivity index (χ1v) is 4.13. The molecule has 0 N–H and O–H groups in total. The fourth-order valence-electron chi connectivity index (χ4n) is 1.33. The summed E-state index contributed by atoms with van der Waals surface area (Å²) in [5, 5.41) is 11.3. The van der Waals surface area contributed by atoms with Crippen molar-refractivity contribution in [3.63, 3.8) is 0 Å². The second-order valence-corrected chi connectivity index (χ2v) is 2.87. The molecule has 5 heteroatoms. The molecular formula is C9H5N5. The van der Waals surface area contributed by atoms with Crippen LogP contribution in [-0.4, -0.2) is 25.4 Å². The molecule has 0 spiro atoms. The zero-order valence-electron chi connectivity index (χ0n) is 7.12. The number of benzene rings is 1. The van der Waals surface area contributed by atoms with Crippen LogP contribution in [0.2, 0.25) is 0 Å². The van der Waals surface area contributed by atoms with Crippen molar-refractivity contribution in [2.75, 3.05) is 0 Å². The number of nitrogens with zero attached hydrogens (tertiary/aromatic N) is 5. The molecule has 1 aromatic carbocycles. The minimum atomic E-state index is 0.748. The highest BCUT2D eigenvalue weighted by Crippen LogP contribution is 2.14. The number of hydrogen-bond acceptors (Lipinski definition) is 5. The Morgan fingerprint density at radius 2 is 1.29 bits per heavy atom. The van der Waals surface area contributed by atoms with E-state index in [1.165, 1.54) is 0 Å². The fourth-order valence-corrected chi connectivity index (χ4v) is 1.33. The summed E-state index contributed by atoms with van der Waals surface area (Å²) >= 11 is 0. The standard InChI is InChI=1S/C9H5N5/c1-2-10-6-4-8-9(13-14-12-8)5-7(6)11-3-1/h1-5H. The first-order chi connectivity index (χ1) is 6.93. The van der Waals surface area contributed by atoms with Crippen LogP contribution in [0.4, 0.5) is 0 Å². The van der Waals surface area contributed by atoms with E-state index in [1.807, 2.05) is 12.1 Å². The smallest absolute Gasteiger partial charge is 0.117 e. The molecule has 66 valence electrons. The van der Waals surface area contributed by atoms with E-state index in [0.29, 0.717) is 0 Å². The molecule has 0 radical (unpaired) electrons. The third-order valence-corrected chi connectivity index (χ3v) is 1.98. The highest BCUT2D eigenvalue weighted by Gasteiger charge is 2.01. The summed E-state index contributed by atoms with van der Waals surface area (Å²) in [6, 6.07) is 5.44. The predicted octanol–water partition coefficient (Wildman–Crippen LogP) is 0.968. The van der Waals surface area contributed by atoms with Gasteiger partial charge in [0.1, 0.15) is 11.0 Å². The Balaban J connectivity index is 2.55. The summed E-state index contributed by atoms with van der Waals surface area (Å²) in [6.45, 7) is 0. The van der Waals surface area contributed by atoms with Gasteiger partial charge in [0.05, 0.1) is 11.0 Å². The van der Waals surface area contributed by atoms with Crippen molar-refractivity contribution in [2.24, 2.45) is 0 Å². The Morgan fingerprint density at radius 1 is 0.714 bits per heavy atom. The molecule has 2 aromatic heterocycles. The third kappa shape index (κ3) is 0.990. The van der Waals surface area contributed by atoms with Crippen molar-refractivity contribution < 1.29 is 0 Å². The van der Waals surface area contributed by atoms with Crippen LogP contribution in [0.5, 0.6) is 0 Å². The Kier molecular flexibility index (Phi) is 1.38. The van der Waals surface area contributed by atoms with E-state index < -0.39 is 0 Å². The molecular weight excluding hydrogens is 178 g/mol. The lowest BCUT2D eigenvalue weighted by Gasteiger charge is -1.88. The van der Waals surface area contributed by atoms with E-state index in [0.717, 1.165) is 22.1 Å². The van der Waals surface area contributed by atoms with Gasteiger partial charge in [0.2, 0.25) is 0 Å². The lowest BCUT2D eigenvalue weighted by Crippen LogP contribution is -1.76. The van der Waals surface area contributed by atoms with Gasteiger partial charge in [-0.15, -0.1) is 10.2 Å². The van der Waals surface area contributed by atoms with Gasteiger partial charge in [-0.2, -0.15) is 0 Å². The van der Waals surface area contributed by atoms with Crippen molar-refractivity contribution in [3.8, 4) is 0 Å². The van der Waals surface area contributed by atoms with E-state index in [4.69, 9.17) is 0 Å². The molecule has 5 nitrogen and oxygen atoms in total. The molecule has 14 heavy (non-hydrogen) atoms. The van der Waals surface area contributed by atoms with Crippen molar-refractivity contribution in [3.05, 3.63) is 30.6 Å². The summed E-state index contributed by atoms with van der Waals surface area (Å²) in [5.74, 6) is 0. The number of aromatic nitrogens is 5. The van der Waals surface area contributed by atoms with Crippen molar-refractivity contribution in [2.45, 2.75) is 0 Å². The van der Waals surface area contributed by atoms with Crippen molar-refractivity contribution >= 4 is 22.1 Å². The predicted molar refractivity (Wildman–Crippen MR) is 50.4 cm³/mol. The molecule has 0 aliphatic rings. The zero-order valence-corrected chi connectivity index (χ0v) is 7.12. The van der Waals surface area contributed by atoms with Gasteiger partial charge in [-0.05, 0) is 23.4 Å². The Hall–Kier alpha value is -2.17. The van der Waals surface area contributed by atoms with Crippen LogP contribution >= 0.6 is 0 Å². The van der Waals surface area contributed by atoms with Crippen LogP contribution in [0.1, 0.15) is 0 Å². The highest BCUT2D eigenvalue weighted by molar-refractivity contribution is 5.89. The van der Waals surface area contributed by atoms with Gasteiger partial charge in [0, 0.05) is 12.4 Å². The van der Waals surface area contributed by atoms with Gasteiger partial charge in [0.15, 0.2) is 0 Å². The average Bonchev–Trinajstić information content (AvgIpc) is 2.51. The van der Waals surface area contributed by atoms with Gasteiger partial charge in [-0.3, -0.25) is 9.97 Å². The zero-order chi connectivity index (χ0) is 9.38. The Bertz CT molecular complexity index is 557. The summed E-state index contributed by atoms with van der Waals surface area (Å²) in [7, 11) is 0. The summed E-state index contributed by atoms with van der Waals surface area (Å²) < 4.78 is 0. The van der Waals surface area contributed by atoms with Gasteiger partial charge < -0.3 is 0 Å². The first kappa shape index (κ1) is 7.25. The summed E-state index contributed by atoms with van der Waals surface area (Å²) in [5.41, 5.74) is 3.09. The SMILES string of the molecule is c1cnc2cc3nnnc3cc2nc1. The van der Waals surface area contributed by atoms with Crippen LogP contribution in [0.3, 0.4) is 0 Å². The van der Waals surface area contributed by atoms with Crippen LogP contribution in [-0.2, 0) is 0 Å². The monoisotopic (exact) mass is 183 g/mol. The summed E-state index contributed by atoms with van der Waals surface area (Å²) in [4.78, 5) is 8.43. The number of hydrogen-bond donors (Lipinski definition) is 0. The van der Waals surface area contributed by atoms with E-state index >= 15 is 0 Å². The molecule has 3 aromatic rings. The lowest BCUT2D eigenvalue weighted by molar-refractivity contribution is 0.959. The number of fused-ring (bicyclic) bond motifs is 2. The molecule has 0 bridgehead atoms. The molecule has 0 saturated carbocycles. The van der Waals surface area contributed by atoms with Gasteiger partial charge in [-0.25, -0.2) is 0 Å². The van der Waals surface area contributed by atoms with Gasteiger partial charge in [-0.1, -0.05) is 0 Å². The van der Waals surface area contributed by atoms with Crippen LogP contribution in [0.25, 0.3) is 22.1 Å². The van der Waals surface area contributed by atoms with Gasteiger partial charge >= 0.3 is 0 Å². The van der Waals surface area contributed by atoms with E-state index in [2.05, 4.69) is 25.4 Å². The number of rotatable bonds is 0. The highest BCUT2D eigenvalue weighted by atomic mass is 15.3. The normalized spacial score (nSPS) is 10.9. The van der Waals surface area contributed by atoms with Crippen LogP contribution < -0.4 is 0 Å². The van der Waals surface area contributed by atoms with E-state index in [-0.39, 0.29) is 0 Å². The molecule has 0 atom stereocenters. The quantitative estimate of drug-likeness (QED) is 0.519. The molecule has 2 heterocycles. The molecule has 0 aliphatic heterocycles. The maximum atomic E-state index is 4.22. The largest absolute Gasteiger partial charge is 0.254 e. The minimum absolute atomic E-state index is 0.748. The third-order valence-electron chi connectivity index (χ3n) is 1.98. The van der Waals surface area contributed by atoms with Crippen molar-refractivity contribution in [1.82, 2.24) is 25.4 Å². The lowest BCUT2D eigenvalue weighted by atomic mass is 10.3. The molecule has 0 unspecified atom stereocenters. The Morgan fingerprint density at radius 3 is 1.86 bits per heavy atom. The van der Waals surface area contributed by atoms with E-state index in [9.17, 15) is 0 Å². The summed E-state index contributed by atoms with van der Waals surface area (Å²) in [6.07, 6.45) is 3.40. The van der Waals surface area contributed by atoms with Crippen LogP contribution in [0.15, 0.2) is 30.6 Å². The fraction of sp³-hybridized carbons (Fsp3) is 0. The maximum Gasteiger partial charge on any atom is 0.117 e. The Labute approximate surface area is 78.8 Å². The molecule has 0 fully saturated rings. The van der Waals surface area contributed by atoms with Crippen LogP contribution in [0, 0.1) is 0 Å². The molecule has 3 rings (SSSR count). The molecule has 0 saturated heterocycles. The minimum Gasteiger partial charge on any atom is -0.254 e. The van der Waals surface area contributed by atoms with E-state index in [1.54, 1.807) is 18.5 Å². The first-order valence-electron chi connectivity index (χ1n) is 4.13. The maximum absolute atomic E-state index is 4.22. The second-order valence-electron chi connectivity index (χ2n) is 2.87. The molecule has 0 aliphatic carbocycles. The van der Waals surface area contributed by atoms with Crippen molar-refractivity contribution in [1.29, 1.82) is 0 Å².